The fourth-order valence-corrected chi connectivity index (χ4v) is 3.51. The van der Waals surface area contributed by atoms with E-state index < -0.39 is 0 Å². The molecule has 7 nitrogen and oxygen atoms in total. The number of hydrogen-bond donors (Lipinski definition) is 2. The van der Waals surface area contributed by atoms with Gasteiger partial charge in [-0.2, -0.15) is 0 Å². The second-order valence-electron chi connectivity index (χ2n) is 5.65. The van der Waals surface area contributed by atoms with Crippen molar-refractivity contribution in [3.05, 3.63) is 22.4 Å². The molecule has 2 rings (SSSR count). The first kappa shape index (κ1) is 19.7. The Morgan fingerprint density at radius 2 is 2.24 bits per heavy atom. The Bertz CT molecular complexity index is 530. The van der Waals surface area contributed by atoms with Crippen molar-refractivity contribution in [1.82, 2.24) is 15.5 Å². The number of guanidine groups is 1. The van der Waals surface area contributed by atoms with Gasteiger partial charge in [0.05, 0.1) is 39.3 Å². The number of esters is 1. The molecule has 1 unspecified atom stereocenters. The molecule has 25 heavy (non-hydrogen) atoms. The summed E-state index contributed by atoms with van der Waals surface area (Å²) >= 11 is 1.76. The van der Waals surface area contributed by atoms with Crippen molar-refractivity contribution in [3.8, 4) is 0 Å². The van der Waals surface area contributed by atoms with Gasteiger partial charge in [-0.05, 0) is 18.4 Å². The highest BCUT2D eigenvalue weighted by Gasteiger charge is 2.23. The van der Waals surface area contributed by atoms with E-state index in [1.165, 1.54) is 12.0 Å². The molecule has 1 fully saturated rings. The van der Waals surface area contributed by atoms with Crippen LogP contribution in [0.4, 0.5) is 0 Å². The third-order valence-corrected chi connectivity index (χ3v) is 4.95. The van der Waals surface area contributed by atoms with E-state index in [2.05, 4.69) is 37.8 Å². The minimum Gasteiger partial charge on any atom is -0.469 e. The Morgan fingerprint density at radius 1 is 1.44 bits per heavy atom. The maximum Gasteiger partial charge on any atom is 0.307 e. The van der Waals surface area contributed by atoms with Crippen molar-refractivity contribution >= 4 is 23.3 Å². The first-order valence-electron chi connectivity index (χ1n) is 8.68. The topological polar surface area (TPSA) is 75.2 Å². The second kappa shape index (κ2) is 11.1. The van der Waals surface area contributed by atoms with Crippen molar-refractivity contribution in [2.45, 2.75) is 19.4 Å². The van der Waals surface area contributed by atoms with E-state index in [-0.39, 0.29) is 12.0 Å². The number of methoxy groups -OCH3 is 1. The molecule has 0 saturated carbocycles. The summed E-state index contributed by atoms with van der Waals surface area (Å²) in [6, 6.07) is 4.49. The zero-order chi connectivity index (χ0) is 17.9. The monoisotopic (exact) mass is 368 g/mol. The lowest BCUT2D eigenvalue weighted by molar-refractivity contribution is -0.140. The number of nitrogens with zero attached hydrogens (tertiary/aromatic N) is 2. The highest BCUT2D eigenvalue weighted by atomic mass is 32.1. The Labute approximate surface area is 153 Å². The maximum atomic E-state index is 11.2. The SMILES string of the molecule is CCNC(=NCC(c1cccs1)N1CCOCC1)NCCC(=O)OC. The number of carbonyl (C=O) groups excluding carboxylic acids is 1. The fourth-order valence-electron chi connectivity index (χ4n) is 2.66. The number of aliphatic imine (C=N–C) groups is 1. The van der Waals surface area contributed by atoms with Crippen LogP contribution in [0.2, 0.25) is 0 Å². The lowest BCUT2D eigenvalue weighted by atomic mass is 10.2. The molecule has 1 aromatic rings. The first-order chi connectivity index (χ1) is 12.2. The molecule has 2 N–H and O–H groups in total. The second-order valence-corrected chi connectivity index (χ2v) is 6.63. The largest absolute Gasteiger partial charge is 0.469 e. The molecule has 1 aromatic heterocycles. The highest BCUT2D eigenvalue weighted by Crippen LogP contribution is 2.26. The Morgan fingerprint density at radius 3 is 2.88 bits per heavy atom. The van der Waals surface area contributed by atoms with Crippen molar-refractivity contribution in [2.75, 3.05) is 53.0 Å². The van der Waals surface area contributed by atoms with Gasteiger partial charge in [-0.15, -0.1) is 11.3 Å². The predicted molar refractivity (Wildman–Crippen MR) is 100 cm³/mol. The van der Waals surface area contributed by atoms with Crippen LogP contribution in [0.25, 0.3) is 0 Å². The molecule has 0 aromatic carbocycles. The summed E-state index contributed by atoms with van der Waals surface area (Å²) in [5, 5.41) is 8.52. The predicted octanol–water partition coefficient (Wildman–Crippen LogP) is 1.24. The highest BCUT2D eigenvalue weighted by molar-refractivity contribution is 7.10. The van der Waals surface area contributed by atoms with Crippen LogP contribution in [0.5, 0.6) is 0 Å². The number of carbonyl (C=O) groups is 1. The third kappa shape index (κ3) is 6.64. The minimum atomic E-state index is -0.229. The fraction of sp³-hybridized carbons (Fsp3) is 0.647. The lowest BCUT2D eigenvalue weighted by Crippen LogP contribution is -2.42. The van der Waals surface area contributed by atoms with Crippen LogP contribution in [-0.4, -0.2) is 69.9 Å². The zero-order valence-electron chi connectivity index (χ0n) is 15.0. The van der Waals surface area contributed by atoms with E-state index in [0.717, 1.165) is 38.8 Å². The molecule has 1 aliphatic heterocycles. The Kier molecular flexibility index (Phi) is 8.71. The molecule has 1 saturated heterocycles. The van der Waals surface area contributed by atoms with Crippen LogP contribution in [0.3, 0.4) is 0 Å². The first-order valence-corrected chi connectivity index (χ1v) is 9.56. The summed E-state index contributed by atoms with van der Waals surface area (Å²) < 4.78 is 10.1. The number of thiophene rings is 1. The van der Waals surface area contributed by atoms with Gasteiger partial charge in [0.1, 0.15) is 0 Å². The van der Waals surface area contributed by atoms with Crippen LogP contribution >= 0.6 is 11.3 Å². The number of ether oxygens (including phenoxy) is 2. The van der Waals surface area contributed by atoms with Gasteiger partial charge in [-0.3, -0.25) is 14.7 Å². The molecule has 2 heterocycles. The zero-order valence-corrected chi connectivity index (χ0v) is 15.8. The van der Waals surface area contributed by atoms with Gasteiger partial charge in [0.25, 0.3) is 0 Å². The van der Waals surface area contributed by atoms with E-state index in [1.54, 1.807) is 11.3 Å². The van der Waals surface area contributed by atoms with Gasteiger partial charge in [0, 0.05) is 31.1 Å². The van der Waals surface area contributed by atoms with Gasteiger partial charge in [0.15, 0.2) is 5.96 Å². The molecule has 0 amide bonds. The number of hydrogen-bond acceptors (Lipinski definition) is 6. The molecule has 0 radical (unpaired) electrons. The van der Waals surface area contributed by atoms with Crippen molar-refractivity contribution in [3.63, 3.8) is 0 Å². The molecular formula is C17H28N4O3S. The van der Waals surface area contributed by atoms with Gasteiger partial charge in [0.2, 0.25) is 0 Å². The standard InChI is InChI=1S/C17H28N4O3S/c1-3-18-17(19-7-6-16(22)23-2)20-13-14(15-5-4-12-25-15)21-8-10-24-11-9-21/h4-5,12,14H,3,6-11,13H2,1-2H3,(H2,18,19,20). The van der Waals surface area contributed by atoms with E-state index in [0.29, 0.717) is 19.5 Å². The lowest BCUT2D eigenvalue weighted by Gasteiger charge is -2.33. The molecule has 0 bridgehead atoms. The van der Waals surface area contributed by atoms with Crippen LogP contribution in [-0.2, 0) is 14.3 Å². The van der Waals surface area contributed by atoms with Gasteiger partial charge in [-0.25, -0.2) is 0 Å². The molecular weight excluding hydrogens is 340 g/mol. The Balaban J connectivity index is 1.98. The summed E-state index contributed by atoms with van der Waals surface area (Å²) in [6.45, 7) is 7.33. The number of morpholine rings is 1. The summed E-state index contributed by atoms with van der Waals surface area (Å²) in [7, 11) is 1.40. The molecule has 1 atom stereocenters. The minimum absolute atomic E-state index is 0.229. The van der Waals surface area contributed by atoms with Gasteiger partial charge >= 0.3 is 5.97 Å². The van der Waals surface area contributed by atoms with Crippen molar-refractivity contribution < 1.29 is 14.3 Å². The Hall–Kier alpha value is -1.64. The average molecular weight is 369 g/mol. The third-order valence-electron chi connectivity index (χ3n) is 3.97. The average Bonchev–Trinajstić information content (AvgIpc) is 3.17. The van der Waals surface area contributed by atoms with Crippen LogP contribution in [0.1, 0.15) is 24.3 Å². The van der Waals surface area contributed by atoms with Crippen LogP contribution in [0, 0.1) is 0 Å². The van der Waals surface area contributed by atoms with E-state index in [1.807, 2.05) is 6.92 Å². The van der Waals surface area contributed by atoms with Crippen molar-refractivity contribution in [1.29, 1.82) is 0 Å². The summed E-state index contributed by atoms with van der Waals surface area (Å²) in [6.07, 6.45) is 0.318. The normalized spacial score (nSPS) is 17.1. The maximum absolute atomic E-state index is 11.2. The van der Waals surface area contributed by atoms with Crippen LogP contribution < -0.4 is 10.6 Å². The molecule has 0 aliphatic carbocycles. The van der Waals surface area contributed by atoms with E-state index in [9.17, 15) is 4.79 Å². The van der Waals surface area contributed by atoms with E-state index >= 15 is 0 Å². The number of nitrogens with one attached hydrogen (secondary N) is 2. The summed E-state index contributed by atoms with van der Waals surface area (Å²) in [4.78, 5) is 19.7. The van der Waals surface area contributed by atoms with E-state index in [4.69, 9.17) is 9.73 Å². The molecule has 0 spiro atoms. The quantitative estimate of drug-likeness (QED) is 0.409. The number of rotatable bonds is 8. The van der Waals surface area contributed by atoms with Gasteiger partial charge in [-0.1, -0.05) is 6.07 Å². The van der Waals surface area contributed by atoms with Crippen molar-refractivity contribution in [2.24, 2.45) is 4.99 Å². The molecule has 140 valence electrons. The summed E-state index contributed by atoms with van der Waals surface area (Å²) in [5.41, 5.74) is 0. The molecule has 1 aliphatic rings. The smallest absolute Gasteiger partial charge is 0.307 e. The van der Waals surface area contributed by atoms with Crippen LogP contribution in [0.15, 0.2) is 22.5 Å². The van der Waals surface area contributed by atoms with Gasteiger partial charge < -0.3 is 20.1 Å². The summed E-state index contributed by atoms with van der Waals surface area (Å²) in [5.74, 6) is 0.495. The molecule has 8 heteroatoms.